The molecule has 0 unspecified atom stereocenters. The summed E-state index contributed by atoms with van der Waals surface area (Å²) in [6, 6.07) is 12.3. The monoisotopic (exact) mass is 364 g/mol. The van der Waals surface area contributed by atoms with Crippen molar-refractivity contribution in [2.45, 2.75) is 25.8 Å². The second kappa shape index (κ2) is 8.53. The highest BCUT2D eigenvalue weighted by molar-refractivity contribution is 5.94. The smallest absolute Gasteiger partial charge is 0.253 e. The van der Waals surface area contributed by atoms with Crippen LogP contribution in [-0.2, 0) is 6.54 Å². The van der Waals surface area contributed by atoms with Crippen LogP contribution in [0.2, 0.25) is 0 Å². The molecule has 4 rings (SSSR count). The number of carbonyl (C=O) groups excluding carboxylic acids is 1. The van der Waals surface area contributed by atoms with Crippen LogP contribution in [0.5, 0.6) is 0 Å². The van der Waals surface area contributed by atoms with E-state index in [1.807, 2.05) is 29.3 Å². The van der Waals surface area contributed by atoms with E-state index in [4.69, 9.17) is 0 Å². The Kier molecular flexibility index (Phi) is 5.68. The summed E-state index contributed by atoms with van der Waals surface area (Å²) < 4.78 is 0. The maximum atomic E-state index is 12.9. The molecule has 1 aromatic heterocycles. The minimum atomic E-state index is 0.159. The molecule has 0 spiro atoms. The molecule has 2 fully saturated rings. The van der Waals surface area contributed by atoms with Gasteiger partial charge in [-0.15, -0.1) is 0 Å². The van der Waals surface area contributed by atoms with E-state index in [1.54, 1.807) is 6.20 Å². The van der Waals surface area contributed by atoms with Crippen LogP contribution in [0.3, 0.4) is 0 Å². The molecule has 1 amide bonds. The second-order valence-electron chi connectivity index (χ2n) is 7.52. The minimum absolute atomic E-state index is 0.159. The first kappa shape index (κ1) is 18.0. The van der Waals surface area contributed by atoms with E-state index in [0.29, 0.717) is 0 Å². The largest absolute Gasteiger partial charge is 0.372 e. The Morgan fingerprint density at radius 3 is 2.44 bits per heavy atom. The van der Waals surface area contributed by atoms with Gasteiger partial charge in [0.25, 0.3) is 5.91 Å². The van der Waals surface area contributed by atoms with Gasteiger partial charge in [-0.25, -0.2) is 0 Å². The molecule has 2 aliphatic rings. The van der Waals surface area contributed by atoms with Gasteiger partial charge in [-0.05, 0) is 55.2 Å². The van der Waals surface area contributed by atoms with Crippen molar-refractivity contribution >= 4 is 11.6 Å². The standard InChI is InChI=1S/C22H28N4O/c27-22(20-6-8-21(9-7-20)25-12-1-2-13-25)26-14-4-11-24(15-16-26)18-19-5-3-10-23-17-19/h3,5-10,17H,1-2,4,11-16,18H2. The molecule has 5 nitrogen and oxygen atoms in total. The highest BCUT2D eigenvalue weighted by Crippen LogP contribution is 2.21. The highest BCUT2D eigenvalue weighted by Gasteiger charge is 2.21. The molecule has 2 aromatic rings. The first-order valence-electron chi connectivity index (χ1n) is 10.1. The predicted molar refractivity (Wildman–Crippen MR) is 108 cm³/mol. The molecule has 27 heavy (non-hydrogen) atoms. The van der Waals surface area contributed by atoms with Crippen molar-refractivity contribution in [3.63, 3.8) is 0 Å². The molecule has 2 aliphatic heterocycles. The topological polar surface area (TPSA) is 39.7 Å². The Hall–Kier alpha value is -2.40. The molecule has 2 saturated heterocycles. The summed E-state index contributed by atoms with van der Waals surface area (Å²) >= 11 is 0. The van der Waals surface area contributed by atoms with Crippen LogP contribution in [0.25, 0.3) is 0 Å². The molecule has 142 valence electrons. The van der Waals surface area contributed by atoms with Crippen molar-refractivity contribution in [3.05, 3.63) is 59.9 Å². The fraction of sp³-hybridized carbons (Fsp3) is 0.455. The molecular weight excluding hydrogens is 336 g/mol. The predicted octanol–water partition coefficient (Wildman–Crippen LogP) is 3.03. The van der Waals surface area contributed by atoms with Gasteiger partial charge in [0.05, 0.1) is 0 Å². The van der Waals surface area contributed by atoms with Crippen LogP contribution < -0.4 is 4.90 Å². The summed E-state index contributed by atoms with van der Waals surface area (Å²) in [5, 5.41) is 0. The van der Waals surface area contributed by atoms with Crippen LogP contribution in [0.4, 0.5) is 5.69 Å². The van der Waals surface area contributed by atoms with Gasteiger partial charge < -0.3 is 9.80 Å². The molecule has 0 saturated carbocycles. The molecule has 0 radical (unpaired) electrons. The summed E-state index contributed by atoms with van der Waals surface area (Å²) in [6.07, 6.45) is 7.28. The lowest BCUT2D eigenvalue weighted by Gasteiger charge is -2.23. The van der Waals surface area contributed by atoms with Crippen LogP contribution >= 0.6 is 0 Å². The quantitative estimate of drug-likeness (QED) is 0.836. The summed E-state index contributed by atoms with van der Waals surface area (Å²) in [7, 11) is 0. The number of pyridine rings is 1. The molecular formula is C22H28N4O. The van der Waals surface area contributed by atoms with E-state index in [-0.39, 0.29) is 5.91 Å². The molecule has 3 heterocycles. The van der Waals surface area contributed by atoms with Crippen molar-refractivity contribution < 1.29 is 4.79 Å². The van der Waals surface area contributed by atoms with Gasteiger partial charge in [0.1, 0.15) is 0 Å². The van der Waals surface area contributed by atoms with E-state index in [0.717, 1.165) is 57.8 Å². The normalized spacial score (nSPS) is 18.5. The van der Waals surface area contributed by atoms with E-state index < -0.39 is 0 Å². The van der Waals surface area contributed by atoms with Gasteiger partial charge in [0.15, 0.2) is 0 Å². The maximum Gasteiger partial charge on any atom is 0.253 e. The first-order valence-corrected chi connectivity index (χ1v) is 10.1. The van der Waals surface area contributed by atoms with Crippen molar-refractivity contribution in [1.29, 1.82) is 0 Å². The van der Waals surface area contributed by atoms with E-state index in [2.05, 4.69) is 33.0 Å². The Balaban J connectivity index is 1.35. The first-order chi connectivity index (χ1) is 13.3. The SMILES string of the molecule is O=C(c1ccc(N2CCCC2)cc1)N1CCCN(Cc2cccnc2)CC1. The fourth-order valence-electron chi connectivity index (χ4n) is 4.05. The average molecular weight is 364 g/mol. The van der Waals surface area contributed by atoms with Crippen LogP contribution in [0.15, 0.2) is 48.8 Å². The van der Waals surface area contributed by atoms with E-state index >= 15 is 0 Å². The van der Waals surface area contributed by atoms with Gasteiger partial charge in [-0.1, -0.05) is 6.07 Å². The Morgan fingerprint density at radius 2 is 1.70 bits per heavy atom. The van der Waals surface area contributed by atoms with Crippen molar-refractivity contribution in [2.24, 2.45) is 0 Å². The number of carbonyl (C=O) groups is 1. The number of hydrogen-bond donors (Lipinski definition) is 0. The Labute approximate surface area is 161 Å². The van der Waals surface area contributed by atoms with E-state index in [1.165, 1.54) is 24.1 Å². The lowest BCUT2D eigenvalue weighted by molar-refractivity contribution is 0.0761. The number of aromatic nitrogens is 1. The fourth-order valence-corrected chi connectivity index (χ4v) is 4.05. The zero-order valence-electron chi connectivity index (χ0n) is 15.9. The number of amides is 1. The van der Waals surface area contributed by atoms with Gasteiger partial charge in [-0.2, -0.15) is 0 Å². The number of hydrogen-bond acceptors (Lipinski definition) is 4. The van der Waals surface area contributed by atoms with Crippen LogP contribution in [0, 0.1) is 0 Å². The Morgan fingerprint density at radius 1 is 0.889 bits per heavy atom. The molecule has 0 N–H and O–H groups in total. The van der Waals surface area contributed by atoms with Crippen molar-refractivity contribution in [2.75, 3.05) is 44.2 Å². The van der Waals surface area contributed by atoms with Crippen LogP contribution in [-0.4, -0.2) is 60.0 Å². The molecule has 0 atom stereocenters. The molecule has 5 heteroatoms. The summed E-state index contributed by atoms with van der Waals surface area (Å²) in [4.78, 5) is 24.0. The number of benzene rings is 1. The second-order valence-corrected chi connectivity index (χ2v) is 7.52. The van der Waals surface area contributed by atoms with Crippen LogP contribution in [0.1, 0.15) is 35.2 Å². The summed E-state index contributed by atoms with van der Waals surface area (Å²) in [6.45, 7) is 6.71. The third-order valence-corrected chi connectivity index (χ3v) is 5.59. The lowest BCUT2D eigenvalue weighted by Crippen LogP contribution is -2.35. The average Bonchev–Trinajstić information content (AvgIpc) is 3.16. The van der Waals surface area contributed by atoms with Gasteiger partial charge >= 0.3 is 0 Å². The third-order valence-electron chi connectivity index (χ3n) is 5.59. The number of nitrogens with zero attached hydrogens (tertiary/aromatic N) is 4. The Bertz CT molecular complexity index is 741. The van der Waals surface area contributed by atoms with E-state index in [9.17, 15) is 4.79 Å². The summed E-state index contributed by atoms with van der Waals surface area (Å²) in [5.74, 6) is 0.159. The van der Waals surface area contributed by atoms with Gasteiger partial charge in [-0.3, -0.25) is 14.7 Å². The molecule has 1 aromatic carbocycles. The number of anilines is 1. The van der Waals surface area contributed by atoms with Crippen molar-refractivity contribution in [3.8, 4) is 0 Å². The van der Waals surface area contributed by atoms with Crippen molar-refractivity contribution in [1.82, 2.24) is 14.8 Å². The zero-order chi connectivity index (χ0) is 18.5. The minimum Gasteiger partial charge on any atom is -0.372 e. The highest BCUT2D eigenvalue weighted by atomic mass is 16.2. The van der Waals surface area contributed by atoms with Gasteiger partial charge in [0.2, 0.25) is 0 Å². The zero-order valence-corrected chi connectivity index (χ0v) is 15.9. The maximum absolute atomic E-state index is 12.9. The number of rotatable bonds is 4. The third kappa shape index (κ3) is 4.48. The molecule has 0 aliphatic carbocycles. The summed E-state index contributed by atoms with van der Waals surface area (Å²) in [5.41, 5.74) is 3.27. The van der Waals surface area contributed by atoms with Gasteiger partial charge in [0, 0.05) is 69.5 Å². The lowest BCUT2D eigenvalue weighted by atomic mass is 10.1. The molecule has 0 bridgehead atoms.